The lowest BCUT2D eigenvalue weighted by Gasteiger charge is -1.85. The van der Waals surface area contributed by atoms with Crippen LogP contribution in [0.2, 0.25) is 0 Å². The third-order valence-corrected chi connectivity index (χ3v) is 1.74. The summed E-state index contributed by atoms with van der Waals surface area (Å²) >= 11 is 0. The van der Waals surface area contributed by atoms with Crippen molar-refractivity contribution in [3.8, 4) is 11.7 Å². The molecule has 0 unspecified atom stereocenters. The van der Waals surface area contributed by atoms with Crippen LogP contribution < -0.4 is 5.73 Å². The van der Waals surface area contributed by atoms with Crippen molar-refractivity contribution in [1.29, 1.82) is 0 Å². The molecule has 0 aliphatic heterocycles. The van der Waals surface area contributed by atoms with Gasteiger partial charge in [-0.15, -0.1) is 0 Å². The van der Waals surface area contributed by atoms with Gasteiger partial charge in [0.25, 0.3) is 5.89 Å². The van der Waals surface area contributed by atoms with Gasteiger partial charge >= 0.3 is 5.88 Å². The summed E-state index contributed by atoms with van der Waals surface area (Å²) in [6.45, 7) is 0.242. The van der Waals surface area contributed by atoms with Gasteiger partial charge in [-0.05, 0) is 6.07 Å². The quantitative estimate of drug-likeness (QED) is 0.602. The number of hydrogen-bond donors (Lipinski definition) is 1. The highest BCUT2D eigenvalue weighted by Gasteiger charge is 2.16. The first-order valence-corrected chi connectivity index (χ1v) is 4.10. The molecule has 0 spiro atoms. The van der Waals surface area contributed by atoms with Gasteiger partial charge in [-0.25, -0.2) is 4.98 Å². The van der Waals surface area contributed by atoms with Gasteiger partial charge < -0.3 is 14.6 Å². The van der Waals surface area contributed by atoms with Crippen LogP contribution in [0.3, 0.4) is 0 Å². The molecule has 0 saturated heterocycles. The third kappa shape index (κ3) is 1.72. The smallest absolute Gasteiger partial charge is 0.433 e. The van der Waals surface area contributed by atoms with Gasteiger partial charge in [0.15, 0.2) is 5.76 Å². The summed E-state index contributed by atoms with van der Waals surface area (Å²) in [4.78, 5) is 13.7. The molecule has 0 aromatic carbocycles. The highest BCUT2D eigenvalue weighted by atomic mass is 16.6. The van der Waals surface area contributed by atoms with Crippen LogP contribution in [-0.4, -0.2) is 9.91 Å². The van der Waals surface area contributed by atoms with E-state index in [9.17, 15) is 10.1 Å². The van der Waals surface area contributed by atoms with Gasteiger partial charge in [0.1, 0.15) is 11.2 Å². The van der Waals surface area contributed by atoms with Crippen LogP contribution >= 0.6 is 0 Å². The highest BCUT2D eigenvalue weighted by Crippen LogP contribution is 2.25. The standard InChI is InChI=1S/C8H7N3O4/c9-3-5-4-14-8(10-5)6-1-2-7(15-6)11(12)13/h1-2,4H,3,9H2. The molecule has 2 N–H and O–H groups in total. The Morgan fingerprint density at radius 3 is 2.87 bits per heavy atom. The molecule has 2 aromatic heterocycles. The summed E-state index contributed by atoms with van der Waals surface area (Å²) in [6, 6.07) is 2.66. The van der Waals surface area contributed by atoms with Crippen molar-refractivity contribution in [3.05, 3.63) is 34.2 Å². The molecule has 0 radical (unpaired) electrons. The van der Waals surface area contributed by atoms with Crippen LogP contribution in [0.4, 0.5) is 5.88 Å². The van der Waals surface area contributed by atoms with Crippen LogP contribution in [0, 0.1) is 10.1 Å². The molecule has 2 heterocycles. The lowest BCUT2D eigenvalue weighted by atomic mass is 10.4. The zero-order valence-corrected chi connectivity index (χ0v) is 7.54. The predicted octanol–water partition coefficient (Wildman–Crippen LogP) is 1.30. The molecule has 0 bridgehead atoms. The summed E-state index contributed by atoms with van der Waals surface area (Å²) in [6.07, 6.45) is 1.38. The normalized spacial score (nSPS) is 10.5. The van der Waals surface area contributed by atoms with Crippen molar-refractivity contribution in [2.24, 2.45) is 5.73 Å². The Labute approximate surface area is 83.7 Å². The van der Waals surface area contributed by atoms with Gasteiger partial charge in [-0.2, -0.15) is 0 Å². The highest BCUT2D eigenvalue weighted by molar-refractivity contribution is 5.46. The number of hydrogen-bond acceptors (Lipinski definition) is 6. The molecule has 0 aliphatic carbocycles. The van der Waals surface area contributed by atoms with Gasteiger partial charge in [0.05, 0.1) is 11.8 Å². The van der Waals surface area contributed by atoms with Crippen molar-refractivity contribution in [3.63, 3.8) is 0 Å². The molecule has 0 atom stereocenters. The van der Waals surface area contributed by atoms with Crippen LogP contribution in [0.25, 0.3) is 11.7 Å². The maximum absolute atomic E-state index is 10.3. The van der Waals surface area contributed by atoms with Gasteiger partial charge in [0.2, 0.25) is 0 Å². The number of oxazole rings is 1. The summed E-state index contributed by atoms with van der Waals surface area (Å²) in [5.41, 5.74) is 5.89. The first-order valence-electron chi connectivity index (χ1n) is 4.10. The van der Waals surface area contributed by atoms with Crippen molar-refractivity contribution >= 4 is 5.88 Å². The molecule has 78 valence electrons. The molecule has 0 aliphatic rings. The Hall–Kier alpha value is -2.15. The number of aromatic nitrogens is 1. The molecule has 15 heavy (non-hydrogen) atoms. The van der Waals surface area contributed by atoms with Gasteiger partial charge in [0, 0.05) is 6.54 Å². The van der Waals surface area contributed by atoms with E-state index in [-0.39, 0.29) is 24.1 Å². The fourth-order valence-electron chi connectivity index (χ4n) is 1.05. The van der Waals surface area contributed by atoms with Crippen LogP contribution in [0.5, 0.6) is 0 Å². The summed E-state index contributed by atoms with van der Waals surface area (Å²) < 4.78 is 9.92. The fourth-order valence-corrected chi connectivity index (χ4v) is 1.05. The van der Waals surface area contributed by atoms with E-state index in [1.165, 1.54) is 18.4 Å². The molecule has 0 saturated carbocycles. The van der Waals surface area contributed by atoms with E-state index in [1.807, 2.05) is 0 Å². The number of nitro groups is 1. The van der Waals surface area contributed by atoms with Crippen LogP contribution in [0.1, 0.15) is 5.69 Å². The molecular formula is C8H7N3O4. The number of rotatable bonds is 3. The minimum absolute atomic E-state index is 0.184. The van der Waals surface area contributed by atoms with E-state index in [0.29, 0.717) is 5.69 Å². The van der Waals surface area contributed by atoms with Crippen molar-refractivity contribution in [2.45, 2.75) is 6.54 Å². The molecule has 0 fully saturated rings. The largest absolute Gasteiger partial charge is 0.442 e. The topological polar surface area (TPSA) is 108 Å². The van der Waals surface area contributed by atoms with Gasteiger partial charge in [-0.1, -0.05) is 0 Å². The molecular weight excluding hydrogens is 202 g/mol. The molecule has 2 rings (SSSR count). The van der Waals surface area contributed by atoms with Crippen molar-refractivity contribution in [2.75, 3.05) is 0 Å². The monoisotopic (exact) mass is 209 g/mol. The van der Waals surface area contributed by atoms with E-state index >= 15 is 0 Å². The lowest BCUT2D eigenvalue weighted by Crippen LogP contribution is -1.95. The van der Waals surface area contributed by atoms with Crippen molar-refractivity contribution in [1.82, 2.24) is 4.98 Å². The summed E-state index contributed by atoms with van der Waals surface area (Å²) in [5, 5.41) is 10.3. The van der Waals surface area contributed by atoms with Gasteiger partial charge in [-0.3, -0.25) is 10.1 Å². The average Bonchev–Trinajstić information content (AvgIpc) is 2.86. The summed E-state index contributed by atoms with van der Waals surface area (Å²) in [5.74, 6) is 0.0439. The first-order chi connectivity index (χ1) is 7.20. The first kappa shape index (κ1) is 9.41. The minimum atomic E-state index is -0.629. The average molecular weight is 209 g/mol. The minimum Gasteiger partial charge on any atom is -0.442 e. The van der Waals surface area contributed by atoms with E-state index < -0.39 is 4.92 Å². The zero-order chi connectivity index (χ0) is 10.8. The lowest BCUT2D eigenvalue weighted by molar-refractivity contribution is -0.401. The van der Waals surface area contributed by atoms with E-state index in [0.717, 1.165) is 0 Å². The Bertz CT molecular complexity index is 488. The fraction of sp³-hybridized carbons (Fsp3) is 0.125. The van der Waals surface area contributed by atoms with E-state index in [4.69, 9.17) is 14.6 Å². The van der Waals surface area contributed by atoms with Crippen molar-refractivity contribution < 1.29 is 13.8 Å². The van der Waals surface area contributed by atoms with E-state index in [2.05, 4.69) is 4.98 Å². The van der Waals surface area contributed by atoms with E-state index in [1.54, 1.807) is 0 Å². The Kier molecular flexibility index (Phi) is 2.22. The number of nitrogens with zero attached hydrogens (tertiary/aromatic N) is 2. The maximum Gasteiger partial charge on any atom is 0.433 e. The third-order valence-electron chi connectivity index (χ3n) is 1.74. The second-order valence-electron chi connectivity index (χ2n) is 2.74. The Morgan fingerprint density at radius 1 is 1.53 bits per heavy atom. The molecule has 7 heteroatoms. The predicted molar refractivity (Wildman–Crippen MR) is 48.8 cm³/mol. The molecule has 0 amide bonds. The Balaban J connectivity index is 2.32. The zero-order valence-electron chi connectivity index (χ0n) is 7.54. The van der Waals surface area contributed by atoms with Crippen LogP contribution in [0.15, 0.2) is 27.2 Å². The maximum atomic E-state index is 10.3. The SMILES string of the molecule is NCc1coc(-c2ccc([N+](=O)[O-])o2)n1. The number of nitrogens with two attached hydrogens (primary N) is 1. The van der Waals surface area contributed by atoms with Crippen LogP contribution in [-0.2, 0) is 6.54 Å². The number of furan rings is 1. The summed E-state index contributed by atoms with van der Waals surface area (Å²) in [7, 11) is 0. The Morgan fingerprint density at radius 2 is 2.33 bits per heavy atom. The molecule has 2 aromatic rings. The molecule has 7 nitrogen and oxygen atoms in total. The second kappa shape index (κ2) is 3.54. The second-order valence-corrected chi connectivity index (χ2v) is 2.74.